The third kappa shape index (κ3) is 12.3. The van der Waals surface area contributed by atoms with Crippen molar-refractivity contribution in [2.45, 2.75) is 161 Å². The highest BCUT2D eigenvalue weighted by Gasteiger charge is 2.39. The molecular weight excluding hydrogens is 511 g/mol. The van der Waals surface area contributed by atoms with Crippen molar-refractivity contribution in [2.75, 3.05) is 19.8 Å². The Morgan fingerprint density at radius 3 is 0.973 bits per heavy atom. The summed E-state index contributed by atoms with van der Waals surface area (Å²) in [7, 11) is -5.40. The van der Waals surface area contributed by atoms with Crippen molar-refractivity contribution in [1.29, 1.82) is 0 Å². The molecular formula is C29H63NO4Si3. The predicted octanol–water partition coefficient (Wildman–Crippen LogP) is 9.47. The molecule has 0 saturated heterocycles. The number of hydrogen-bond acceptors (Lipinski definition) is 5. The van der Waals surface area contributed by atoms with Crippen molar-refractivity contribution in [3.8, 4) is 0 Å². The second kappa shape index (κ2) is 14.0. The van der Waals surface area contributed by atoms with Crippen LogP contribution in [0.15, 0.2) is 4.99 Å². The van der Waals surface area contributed by atoms with Crippen LogP contribution in [-0.2, 0) is 18.1 Å². The molecule has 0 bridgehead atoms. The third-order valence-corrected chi connectivity index (χ3v) is 23.1. The Morgan fingerprint density at radius 1 is 0.541 bits per heavy atom. The minimum Gasteiger partial charge on any atom is -0.417 e. The average molecular weight is 574 g/mol. The second-order valence-corrected chi connectivity index (χ2v) is 30.0. The maximum atomic E-state index is 11.6. The van der Waals surface area contributed by atoms with Crippen LogP contribution >= 0.6 is 0 Å². The zero-order valence-electron chi connectivity index (χ0n) is 27.4. The summed E-state index contributed by atoms with van der Waals surface area (Å²) >= 11 is 0. The fourth-order valence-corrected chi connectivity index (χ4v) is 6.74. The number of hydrogen-bond donors (Lipinski definition) is 0. The standard InChI is InChI=1S/C29H63NO4Si3/c1-26(2,3)35(10,11)32-22-16-19-29(30-25-31,20-17-23-33-36(12,13)27(4,5)6)21-18-24-34-37(14,15)28(7,8)9/h16-24H2,1-15H3. The van der Waals surface area contributed by atoms with E-state index in [1.165, 1.54) is 0 Å². The van der Waals surface area contributed by atoms with Gasteiger partial charge in [-0.15, -0.1) is 0 Å². The zero-order chi connectivity index (χ0) is 29.4. The quantitative estimate of drug-likeness (QED) is 0.0798. The molecule has 0 aromatic rings. The Morgan fingerprint density at radius 2 is 0.784 bits per heavy atom. The van der Waals surface area contributed by atoms with E-state index in [1.807, 2.05) is 6.08 Å². The molecule has 0 atom stereocenters. The van der Waals surface area contributed by atoms with Crippen LogP contribution in [0, 0.1) is 0 Å². The molecule has 0 unspecified atom stereocenters. The van der Waals surface area contributed by atoms with Crippen LogP contribution < -0.4 is 0 Å². The lowest BCUT2D eigenvalue weighted by Crippen LogP contribution is -2.42. The van der Waals surface area contributed by atoms with Gasteiger partial charge in [0.2, 0.25) is 6.08 Å². The third-order valence-electron chi connectivity index (χ3n) is 9.45. The highest BCUT2D eigenvalue weighted by molar-refractivity contribution is 6.74. The lowest BCUT2D eigenvalue weighted by Gasteiger charge is -2.38. The fourth-order valence-electron chi connectivity index (χ4n) is 3.47. The first-order valence-electron chi connectivity index (χ1n) is 14.4. The lowest BCUT2D eigenvalue weighted by atomic mass is 9.84. The van der Waals surface area contributed by atoms with Gasteiger partial charge >= 0.3 is 0 Å². The summed E-state index contributed by atoms with van der Waals surface area (Å²) in [4.78, 5) is 16.1. The van der Waals surface area contributed by atoms with E-state index in [1.54, 1.807) is 0 Å². The van der Waals surface area contributed by atoms with Crippen LogP contribution in [-0.4, -0.2) is 56.4 Å². The van der Waals surface area contributed by atoms with Crippen molar-refractivity contribution in [1.82, 2.24) is 0 Å². The summed E-state index contributed by atoms with van der Waals surface area (Å²) in [5, 5.41) is 0.563. The molecule has 0 aromatic carbocycles. The average Bonchev–Trinajstić information content (AvgIpc) is 2.69. The molecule has 0 aliphatic carbocycles. The first-order chi connectivity index (χ1) is 16.4. The molecule has 37 heavy (non-hydrogen) atoms. The van der Waals surface area contributed by atoms with Crippen LogP contribution in [0.5, 0.6) is 0 Å². The van der Waals surface area contributed by atoms with Crippen LogP contribution in [0.4, 0.5) is 0 Å². The van der Waals surface area contributed by atoms with Crippen molar-refractivity contribution in [2.24, 2.45) is 4.99 Å². The number of rotatable bonds is 16. The van der Waals surface area contributed by atoms with Crippen LogP contribution in [0.2, 0.25) is 54.4 Å². The normalized spacial score (nSPS) is 14.6. The van der Waals surface area contributed by atoms with E-state index in [0.29, 0.717) is 19.8 Å². The maximum absolute atomic E-state index is 11.6. The van der Waals surface area contributed by atoms with Gasteiger partial charge in [0.05, 0.1) is 5.54 Å². The van der Waals surface area contributed by atoms with Crippen LogP contribution in [0.25, 0.3) is 0 Å². The van der Waals surface area contributed by atoms with E-state index in [4.69, 9.17) is 13.3 Å². The molecule has 0 amide bonds. The Hall–Kier alpha value is -0.0894. The van der Waals surface area contributed by atoms with Gasteiger partial charge in [0.15, 0.2) is 25.0 Å². The molecule has 220 valence electrons. The number of isocyanates is 1. The van der Waals surface area contributed by atoms with E-state index in [2.05, 4.69) is 107 Å². The molecule has 0 N–H and O–H groups in total. The Kier molecular flexibility index (Phi) is 14.0. The molecule has 0 aromatic heterocycles. The number of carbonyl (C=O) groups excluding carboxylic acids is 1. The molecule has 0 radical (unpaired) electrons. The first-order valence-corrected chi connectivity index (χ1v) is 23.2. The molecule has 0 aliphatic rings. The SMILES string of the molecule is CC(C)(C)[Si](C)(C)OCCCC(CCCO[Si](C)(C)C(C)(C)C)(CCCO[Si](C)(C)C(C)(C)C)N=C=O. The Balaban J connectivity index is 5.37. The predicted molar refractivity (Wildman–Crippen MR) is 168 cm³/mol. The van der Waals surface area contributed by atoms with Crippen LogP contribution in [0.3, 0.4) is 0 Å². The number of aliphatic imine (C=N–C) groups is 1. The summed E-state index contributed by atoms with van der Waals surface area (Å²) in [6, 6.07) is 0. The molecule has 8 heteroatoms. The maximum Gasteiger partial charge on any atom is 0.235 e. The molecule has 0 rings (SSSR count). The smallest absolute Gasteiger partial charge is 0.235 e. The van der Waals surface area contributed by atoms with E-state index in [9.17, 15) is 4.79 Å². The van der Waals surface area contributed by atoms with Gasteiger partial charge in [-0.05, 0) is 92.9 Å². The largest absolute Gasteiger partial charge is 0.417 e. The van der Waals surface area contributed by atoms with Crippen molar-refractivity contribution >= 4 is 31.0 Å². The van der Waals surface area contributed by atoms with Gasteiger partial charge < -0.3 is 13.3 Å². The zero-order valence-corrected chi connectivity index (χ0v) is 30.4. The summed E-state index contributed by atoms with van der Waals surface area (Å²) in [5.41, 5.74) is -0.424. The molecule has 0 fully saturated rings. The van der Waals surface area contributed by atoms with E-state index < -0.39 is 30.5 Å². The first kappa shape index (κ1) is 36.9. The van der Waals surface area contributed by atoms with Crippen molar-refractivity contribution in [3.63, 3.8) is 0 Å². The highest BCUT2D eigenvalue weighted by atomic mass is 28.4. The fraction of sp³-hybridized carbons (Fsp3) is 0.966. The van der Waals surface area contributed by atoms with Gasteiger partial charge in [-0.25, -0.2) is 4.79 Å². The minimum atomic E-state index is -1.80. The second-order valence-electron chi connectivity index (χ2n) is 15.6. The summed E-state index contributed by atoms with van der Waals surface area (Å²) < 4.78 is 19.3. The van der Waals surface area contributed by atoms with E-state index in [0.717, 1.165) is 38.5 Å². The van der Waals surface area contributed by atoms with Gasteiger partial charge in [-0.1, -0.05) is 62.3 Å². The van der Waals surface area contributed by atoms with Gasteiger partial charge in [0, 0.05) is 19.8 Å². The number of nitrogens with zero attached hydrogens (tertiary/aromatic N) is 1. The van der Waals surface area contributed by atoms with Gasteiger partial charge in [0.25, 0.3) is 0 Å². The van der Waals surface area contributed by atoms with E-state index >= 15 is 0 Å². The van der Waals surface area contributed by atoms with Gasteiger partial charge in [0.1, 0.15) is 0 Å². The topological polar surface area (TPSA) is 57.1 Å². The molecule has 0 saturated carbocycles. The van der Waals surface area contributed by atoms with E-state index in [-0.39, 0.29) is 15.1 Å². The Labute approximate surface area is 234 Å². The molecule has 0 spiro atoms. The Bertz CT molecular complexity index is 641. The van der Waals surface area contributed by atoms with Crippen molar-refractivity contribution < 1.29 is 18.1 Å². The van der Waals surface area contributed by atoms with Crippen molar-refractivity contribution in [3.05, 3.63) is 0 Å². The monoisotopic (exact) mass is 573 g/mol. The molecule has 0 aliphatic heterocycles. The van der Waals surface area contributed by atoms with Gasteiger partial charge in [-0.2, -0.15) is 4.99 Å². The summed E-state index contributed by atoms with van der Waals surface area (Å²) in [6.45, 7) is 36.3. The summed E-state index contributed by atoms with van der Waals surface area (Å²) in [6.07, 6.45) is 7.10. The van der Waals surface area contributed by atoms with Crippen LogP contribution in [0.1, 0.15) is 101 Å². The minimum absolute atomic E-state index is 0.188. The summed E-state index contributed by atoms with van der Waals surface area (Å²) in [5.74, 6) is 0. The lowest BCUT2D eigenvalue weighted by molar-refractivity contribution is 0.211. The molecule has 5 nitrogen and oxygen atoms in total. The molecule has 0 heterocycles. The highest BCUT2D eigenvalue weighted by Crippen LogP contribution is 2.39. The van der Waals surface area contributed by atoms with Gasteiger partial charge in [-0.3, -0.25) is 0 Å².